The number of aromatic nitrogens is 1. The molecule has 1 aliphatic heterocycles. The molecule has 11 heteroatoms. The third-order valence-corrected chi connectivity index (χ3v) is 7.29. The standard InChI is InChI=1S/C26H23N5O4S2/c32-24(20-15-19(31(33)34)9-10-22(20)30-11-13-35-14-12-30)29-26(36)27-16-17-5-7-18(8-6-17)25-28-21-3-1-2-4-23(21)37-25/h1-10,15H,11-14,16H2,(H2,27,29,32,36). The van der Waals surface area contributed by atoms with E-state index in [1.807, 2.05) is 47.4 Å². The van der Waals surface area contributed by atoms with Gasteiger partial charge in [0.05, 0.1) is 39.6 Å². The molecule has 0 atom stereocenters. The molecule has 1 amide bonds. The van der Waals surface area contributed by atoms with Crippen molar-refractivity contribution in [1.29, 1.82) is 0 Å². The van der Waals surface area contributed by atoms with Crippen LogP contribution in [0, 0.1) is 10.1 Å². The van der Waals surface area contributed by atoms with Crippen molar-refractivity contribution in [1.82, 2.24) is 15.6 Å². The maximum absolute atomic E-state index is 13.1. The average Bonchev–Trinajstić information content (AvgIpc) is 3.37. The summed E-state index contributed by atoms with van der Waals surface area (Å²) in [7, 11) is 0. The number of fused-ring (bicyclic) bond motifs is 1. The Morgan fingerprint density at radius 1 is 1.11 bits per heavy atom. The molecule has 1 aromatic heterocycles. The highest BCUT2D eigenvalue weighted by Crippen LogP contribution is 2.30. The lowest BCUT2D eigenvalue weighted by Gasteiger charge is -2.30. The van der Waals surface area contributed by atoms with E-state index in [-0.39, 0.29) is 16.4 Å². The largest absolute Gasteiger partial charge is 0.378 e. The quantitative estimate of drug-likeness (QED) is 0.212. The van der Waals surface area contributed by atoms with Gasteiger partial charge in [0.25, 0.3) is 11.6 Å². The molecule has 1 saturated heterocycles. The van der Waals surface area contributed by atoms with E-state index in [0.29, 0.717) is 38.5 Å². The number of carbonyl (C=O) groups excluding carboxylic acids is 1. The van der Waals surface area contributed by atoms with Crippen LogP contribution in [-0.2, 0) is 11.3 Å². The van der Waals surface area contributed by atoms with E-state index in [9.17, 15) is 14.9 Å². The second-order valence-corrected chi connectivity index (χ2v) is 9.82. The zero-order chi connectivity index (χ0) is 25.8. The molecule has 188 valence electrons. The van der Waals surface area contributed by atoms with Gasteiger partial charge in [-0.25, -0.2) is 4.98 Å². The number of thiocarbonyl (C=S) groups is 1. The van der Waals surface area contributed by atoms with Gasteiger partial charge >= 0.3 is 0 Å². The molecule has 2 N–H and O–H groups in total. The van der Waals surface area contributed by atoms with Crippen LogP contribution in [-0.4, -0.2) is 47.2 Å². The number of para-hydroxylation sites is 1. The summed E-state index contributed by atoms with van der Waals surface area (Å²) in [5.41, 5.74) is 3.64. The highest BCUT2D eigenvalue weighted by molar-refractivity contribution is 7.80. The van der Waals surface area contributed by atoms with Crippen molar-refractivity contribution in [3.05, 3.63) is 88.0 Å². The Morgan fingerprint density at radius 2 is 1.86 bits per heavy atom. The number of hydrogen-bond donors (Lipinski definition) is 2. The van der Waals surface area contributed by atoms with Gasteiger partial charge in [-0.05, 0) is 36.0 Å². The van der Waals surface area contributed by atoms with Gasteiger partial charge in [0, 0.05) is 37.3 Å². The number of nitro benzene ring substituents is 1. The van der Waals surface area contributed by atoms with E-state index < -0.39 is 10.8 Å². The summed E-state index contributed by atoms with van der Waals surface area (Å²) >= 11 is 6.98. The van der Waals surface area contributed by atoms with Gasteiger partial charge in [-0.2, -0.15) is 0 Å². The Labute approximate surface area is 222 Å². The summed E-state index contributed by atoms with van der Waals surface area (Å²) in [4.78, 5) is 30.5. The van der Waals surface area contributed by atoms with Crippen molar-refractivity contribution < 1.29 is 14.5 Å². The zero-order valence-corrected chi connectivity index (χ0v) is 21.3. The molecule has 0 saturated carbocycles. The van der Waals surface area contributed by atoms with Crippen LogP contribution in [0.25, 0.3) is 20.8 Å². The van der Waals surface area contributed by atoms with Crippen molar-refractivity contribution in [3.63, 3.8) is 0 Å². The molecule has 37 heavy (non-hydrogen) atoms. The van der Waals surface area contributed by atoms with E-state index in [0.717, 1.165) is 26.4 Å². The van der Waals surface area contributed by atoms with Crippen LogP contribution in [0.5, 0.6) is 0 Å². The molecule has 1 aliphatic rings. The first-order valence-electron chi connectivity index (χ1n) is 11.6. The smallest absolute Gasteiger partial charge is 0.270 e. The minimum atomic E-state index is -0.519. The maximum Gasteiger partial charge on any atom is 0.270 e. The number of nitrogens with one attached hydrogen (secondary N) is 2. The molecule has 3 aromatic carbocycles. The SMILES string of the molecule is O=C(NC(=S)NCc1ccc(-c2nc3ccccc3s2)cc1)c1cc([N+](=O)[O-])ccc1N1CCOCC1. The molecule has 0 aliphatic carbocycles. The fraction of sp³-hybridized carbons (Fsp3) is 0.192. The lowest BCUT2D eigenvalue weighted by atomic mass is 10.1. The highest BCUT2D eigenvalue weighted by atomic mass is 32.1. The Kier molecular flexibility index (Phi) is 7.35. The molecule has 0 radical (unpaired) electrons. The Morgan fingerprint density at radius 3 is 2.59 bits per heavy atom. The number of rotatable bonds is 6. The molecule has 9 nitrogen and oxygen atoms in total. The van der Waals surface area contributed by atoms with Crippen LogP contribution in [0.2, 0.25) is 0 Å². The minimum Gasteiger partial charge on any atom is -0.378 e. The van der Waals surface area contributed by atoms with Crippen LogP contribution in [0.4, 0.5) is 11.4 Å². The van der Waals surface area contributed by atoms with Gasteiger partial charge in [0.15, 0.2) is 5.11 Å². The number of ether oxygens (including phenoxy) is 1. The van der Waals surface area contributed by atoms with Crippen LogP contribution < -0.4 is 15.5 Å². The third kappa shape index (κ3) is 5.74. The summed E-state index contributed by atoms with van der Waals surface area (Å²) < 4.78 is 6.53. The topological polar surface area (TPSA) is 110 Å². The molecule has 4 aromatic rings. The monoisotopic (exact) mass is 533 g/mol. The van der Waals surface area contributed by atoms with Gasteiger partial charge in [0.2, 0.25) is 0 Å². The van der Waals surface area contributed by atoms with Crippen molar-refractivity contribution in [2.24, 2.45) is 0 Å². The van der Waals surface area contributed by atoms with Crippen LogP contribution in [0.1, 0.15) is 15.9 Å². The van der Waals surface area contributed by atoms with E-state index in [1.54, 1.807) is 17.4 Å². The number of benzene rings is 3. The first kappa shape index (κ1) is 24.8. The summed E-state index contributed by atoms with van der Waals surface area (Å²) in [5, 5.41) is 18.1. The maximum atomic E-state index is 13.1. The summed E-state index contributed by atoms with van der Waals surface area (Å²) in [6, 6.07) is 20.3. The number of carbonyl (C=O) groups is 1. The Balaban J connectivity index is 1.23. The van der Waals surface area contributed by atoms with Gasteiger partial charge in [0.1, 0.15) is 5.01 Å². The Bertz CT molecular complexity index is 1430. The number of amides is 1. The minimum absolute atomic E-state index is 0.139. The van der Waals surface area contributed by atoms with E-state index in [2.05, 4.69) is 21.7 Å². The predicted molar refractivity (Wildman–Crippen MR) is 148 cm³/mol. The summed E-state index contributed by atoms with van der Waals surface area (Å²) in [5.74, 6) is -0.506. The molecule has 1 fully saturated rings. The van der Waals surface area contributed by atoms with Crippen LogP contribution in [0.15, 0.2) is 66.7 Å². The molecule has 0 unspecified atom stereocenters. The first-order valence-corrected chi connectivity index (χ1v) is 12.9. The normalized spacial score (nSPS) is 13.4. The van der Waals surface area contributed by atoms with E-state index in [1.165, 1.54) is 12.1 Å². The van der Waals surface area contributed by atoms with Crippen molar-refractivity contribution in [2.75, 3.05) is 31.2 Å². The lowest BCUT2D eigenvalue weighted by Crippen LogP contribution is -2.41. The molecular weight excluding hydrogens is 510 g/mol. The number of thiazole rings is 1. The predicted octanol–water partition coefficient (Wildman–Crippen LogP) is 4.51. The van der Waals surface area contributed by atoms with Gasteiger partial charge < -0.3 is 15.0 Å². The van der Waals surface area contributed by atoms with Gasteiger partial charge in [-0.3, -0.25) is 20.2 Å². The van der Waals surface area contributed by atoms with Crippen molar-refractivity contribution in [2.45, 2.75) is 6.54 Å². The number of hydrogen-bond acceptors (Lipinski definition) is 8. The molecule has 5 rings (SSSR count). The van der Waals surface area contributed by atoms with E-state index >= 15 is 0 Å². The fourth-order valence-corrected chi connectivity index (χ4v) is 5.19. The second-order valence-electron chi connectivity index (χ2n) is 8.38. The number of morpholine rings is 1. The molecule has 2 heterocycles. The highest BCUT2D eigenvalue weighted by Gasteiger charge is 2.22. The first-order chi connectivity index (χ1) is 18.0. The average molecular weight is 534 g/mol. The molecule has 0 spiro atoms. The fourth-order valence-electron chi connectivity index (χ4n) is 4.06. The number of nitro groups is 1. The van der Waals surface area contributed by atoms with Crippen LogP contribution in [0.3, 0.4) is 0 Å². The lowest BCUT2D eigenvalue weighted by molar-refractivity contribution is -0.384. The van der Waals surface area contributed by atoms with Gasteiger partial charge in [-0.1, -0.05) is 36.4 Å². The number of non-ortho nitro benzene ring substituents is 1. The molecule has 0 bridgehead atoms. The summed E-state index contributed by atoms with van der Waals surface area (Å²) in [6.07, 6.45) is 0. The Hall–Kier alpha value is -3.93. The number of anilines is 1. The zero-order valence-electron chi connectivity index (χ0n) is 19.7. The second kappa shape index (κ2) is 11.0. The third-order valence-electron chi connectivity index (χ3n) is 5.96. The van der Waals surface area contributed by atoms with Crippen LogP contribution >= 0.6 is 23.6 Å². The summed E-state index contributed by atoms with van der Waals surface area (Å²) in [6.45, 7) is 2.64. The number of nitrogens with zero attached hydrogens (tertiary/aromatic N) is 3. The van der Waals surface area contributed by atoms with Gasteiger partial charge in [-0.15, -0.1) is 11.3 Å². The molecular formula is C26H23N5O4S2. The van der Waals surface area contributed by atoms with Crippen molar-refractivity contribution >= 4 is 56.2 Å². The van der Waals surface area contributed by atoms with Crippen molar-refractivity contribution in [3.8, 4) is 10.6 Å². The van der Waals surface area contributed by atoms with E-state index in [4.69, 9.17) is 17.0 Å².